The molecule has 0 spiro atoms. The molecule has 0 aromatic rings. The Morgan fingerprint density at radius 2 is 2.00 bits per heavy atom. The lowest BCUT2D eigenvalue weighted by atomic mass is 9.89. The number of hydrogen-bond donors (Lipinski definition) is 0. The van der Waals surface area contributed by atoms with Gasteiger partial charge in [0.1, 0.15) is 0 Å². The molecule has 20 heavy (non-hydrogen) atoms. The zero-order valence-corrected chi connectivity index (χ0v) is 14.0. The molecule has 0 fully saturated rings. The zero-order valence-electron chi connectivity index (χ0n) is 14.0. The number of hydrogen-bond acceptors (Lipinski definition) is 1. The molecule has 0 aliphatic carbocycles. The van der Waals surface area contributed by atoms with E-state index in [4.69, 9.17) is 0 Å². The van der Waals surface area contributed by atoms with Crippen LogP contribution in [0.25, 0.3) is 0 Å². The van der Waals surface area contributed by atoms with Gasteiger partial charge in [0.25, 0.3) is 0 Å². The second-order valence-corrected chi connectivity index (χ2v) is 6.26. The van der Waals surface area contributed by atoms with E-state index >= 15 is 0 Å². The molecule has 0 radical (unpaired) electrons. The lowest BCUT2D eigenvalue weighted by Crippen LogP contribution is -2.27. The average molecular weight is 273 g/mol. The highest BCUT2D eigenvalue weighted by Gasteiger charge is 2.15. The van der Waals surface area contributed by atoms with E-state index < -0.39 is 0 Å². The van der Waals surface area contributed by atoms with Crippen molar-refractivity contribution in [1.29, 1.82) is 0 Å². The van der Waals surface area contributed by atoms with Gasteiger partial charge in [0.15, 0.2) is 0 Å². The molecule has 0 aromatic carbocycles. The molecule has 0 amide bonds. The molecule has 1 rings (SSSR count). The van der Waals surface area contributed by atoms with E-state index in [1.54, 1.807) is 0 Å². The van der Waals surface area contributed by atoms with Crippen LogP contribution in [0.2, 0.25) is 0 Å². The predicted octanol–water partition coefficient (Wildman–Crippen LogP) is 5.48. The monoisotopic (exact) mass is 273 g/mol. The first kappa shape index (κ1) is 16.8. The second-order valence-electron chi connectivity index (χ2n) is 6.26. The smallest absolute Gasteiger partial charge is 0.0299 e. The fraction of sp³-hybridized carbons (Fsp3) is 0.579. The lowest BCUT2D eigenvalue weighted by molar-refractivity contribution is 0.304. The first-order chi connectivity index (χ1) is 9.36. The van der Waals surface area contributed by atoms with Gasteiger partial charge in [0.05, 0.1) is 0 Å². The molecule has 0 aromatic heterocycles. The third kappa shape index (κ3) is 4.40. The molecule has 0 N–H and O–H groups in total. The molecule has 1 heterocycles. The third-order valence-corrected chi connectivity index (χ3v) is 4.62. The summed E-state index contributed by atoms with van der Waals surface area (Å²) >= 11 is 0. The SMILES string of the molecule is C=C(C)C1=CC(=C)N(C)C(C)CCCC(CC)C(C)=C1. The molecular weight excluding hydrogens is 242 g/mol. The van der Waals surface area contributed by atoms with E-state index in [1.165, 1.54) is 36.8 Å². The predicted molar refractivity (Wildman–Crippen MR) is 90.7 cm³/mol. The Hall–Kier alpha value is -1.24. The van der Waals surface area contributed by atoms with Gasteiger partial charge < -0.3 is 4.90 Å². The summed E-state index contributed by atoms with van der Waals surface area (Å²) in [5.74, 6) is 0.696. The van der Waals surface area contributed by atoms with E-state index in [-0.39, 0.29) is 0 Å². The van der Waals surface area contributed by atoms with Crippen molar-refractivity contribution in [3.8, 4) is 0 Å². The Labute approximate surface area is 125 Å². The summed E-state index contributed by atoms with van der Waals surface area (Å²) in [6.07, 6.45) is 9.51. The Morgan fingerprint density at radius 1 is 1.35 bits per heavy atom. The van der Waals surface area contributed by atoms with E-state index in [2.05, 4.69) is 65.0 Å². The lowest BCUT2D eigenvalue weighted by Gasteiger charge is -2.28. The van der Waals surface area contributed by atoms with Crippen LogP contribution in [0.3, 0.4) is 0 Å². The van der Waals surface area contributed by atoms with Gasteiger partial charge in [0.2, 0.25) is 0 Å². The van der Waals surface area contributed by atoms with E-state index in [0.29, 0.717) is 12.0 Å². The van der Waals surface area contributed by atoms with E-state index in [9.17, 15) is 0 Å². The van der Waals surface area contributed by atoms with Crippen LogP contribution in [0.15, 0.2) is 47.7 Å². The Balaban J connectivity index is 3.17. The van der Waals surface area contributed by atoms with Crippen LogP contribution in [0.5, 0.6) is 0 Å². The summed E-state index contributed by atoms with van der Waals surface area (Å²) in [5, 5.41) is 0. The summed E-state index contributed by atoms with van der Waals surface area (Å²) < 4.78 is 0. The maximum Gasteiger partial charge on any atom is 0.0299 e. The maximum atomic E-state index is 4.23. The molecule has 0 saturated heterocycles. The van der Waals surface area contributed by atoms with Crippen LogP contribution in [-0.4, -0.2) is 18.0 Å². The summed E-state index contributed by atoms with van der Waals surface area (Å²) in [4.78, 5) is 2.29. The zero-order chi connectivity index (χ0) is 15.3. The van der Waals surface area contributed by atoms with Gasteiger partial charge in [-0.25, -0.2) is 0 Å². The van der Waals surface area contributed by atoms with Gasteiger partial charge >= 0.3 is 0 Å². The molecule has 1 aliphatic rings. The van der Waals surface area contributed by atoms with Crippen molar-refractivity contribution in [3.63, 3.8) is 0 Å². The average Bonchev–Trinajstić information content (AvgIpc) is 2.41. The Kier molecular flexibility index (Phi) is 6.32. The maximum absolute atomic E-state index is 4.23. The van der Waals surface area contributed by atoms with Crippen LogP contribution in [0.1, 0.15) is 53.4 Å². The van der Waals surface area contributed by atoms with Crippen LogP contribution < -0.4 is 0 Å². The van der Waals surface area contributed by atoms with E-state index in [1.807, 2.05) is 0 Å². The van der Waals surface area contributed by atoms with Crippen LogP contribution >= 0.6 is 0 Å². The highest BCUT2D eigenvalue weighted by molar-refractivity contribution is 5.43. The molecule has 1 aliphatic heterocycles. The van der Waals surface area contributed by atoms with Crippen molar-refractivity contribution < 1.29 is 0 Å². The van der Waals surface area contributed by atoms with E-state index in [0.717, 1.165) is 11.3 Å². The van der Waals surface area contributed by atoms with Gasteiger partial charge in [-0.2, -0.15) is 0 Å². The summed E-state index contributed by atoms with van der Waals surface area (Å²) in [6, 6.07) is 0.543. The normalized spacial score (nSPS) is 25.6. The van der Waals surface area contributed by atoms with Crippen LogP contribution in [-0.2, 0) is 0 Å². The topological polar surface area (TPSA) is 3.24 Å². The number of allylic oxidation sites excluding steroid dienone is 5. The molecule has 0 saturated carbocycles. The largest absolute Gasteiger partial charge is 0.372 e. The summed E-state index contributed by atoms with van der Waals surface area (Å²) in [6.45, 7) is 17.3. The van der Waals surface area contributed by atoms with Crippen LogP contribution in [0, 0.1) is 5.92 Å². The first-order valence-corrected chi connectivity index (χ1v) is 7.84. The number of nitrogens with zero attached hydrogens (tertiary/aromatic N) is 1. The molecule has 1 nitrogen and oxygen atoms in total. The third-order valence-electron chi connectivity index (χ3n) is 4.62. The Bertz CT molecular complexity index is 425. The molecule has 2 atom stereocenters. The van der Waals surface area contributed by atoms with Crippen molar-refractivity contribution in [3.05, 3.63) is 47.7 Å². The summed E-state index contributed by atoms with van der Waals surface area (Å²) in [7, 11) is 2.14. The van der Waals surface area contributed by atoms with Crippen molar-refractivity contribution in [2.45, 2.75) is 59.4 Å². The van der Waals surface area contributed by atoms with Crippen molar-refractivity contribution in [2.24, 2.45) is 5.92 Å². The highest BCUT2D eigenvalue weighted by Crippen LogP contribution is 2.27. The van der Waals surface area contributed by atoms with Crippen molar-refractivity contribution >= 4 is 0 Å². The molecule has 2 unspecified atom stereocenters. The van der Waals surface area contributed by atoms with Gasteiger partial charge in [-0.05, 0) is 57.6 Å². The summed E-state index contributed by atoms with van der Waals surface area (Å²) in [5.41, 5.74) is 4.88. The Morgan fingerprint density at radius 3 is 2.55 bits per heavy atom. The van der Waals surface area contributed by atoms with Gasteiger partial charge in [0, 0.05) is 18.8 Å². The van der Waals surface area contributed by atoms with Gasteiger partial charge in [-0.1, -0.05) is 43.7 Å². The molecular formula is C19H31N. The number of rotatable bonds is 2. The van der Waals surface area contributed by atoms with Gasteiger partial charge in [-0.15, -0.1) is 0 Å². The first-order valence-electron chi connectivity index (χ1n) is 7.84. The van der Waals surface area contributed by atoms with Gasteiger partial charge in [-0.3, -0.25) is 0 Å². The fourth-order valence-corrected chi connectivity index (χ4v) is 2.82. The van der Waals surface area contributed by atoms with Crippen molar-refractivity contribution in [1.82, 2.24) is 4.90 Å². The minimum absolute atomic E-state index is 0.543. The molecule has 0 bridgehead atoms. The fourth-order valence-electron chi connectivity index (χ4n) is 2.82. The number of likely N-dealkylation sites (N-methyl/N-ethyl adjacent to an activating group) is 1. The minimum atomic E-state index is 0.543. The molecule has 112 valence electrons. The quantitative estimate of drug-likeness (QED) is 0.644. The van der Waals surface area contributed by atoms with Crippen molar-refractivity contribution in [2.75, 3.05) is 7.05 Å². The minimum Gasteiger partial charge on any atom is -0.372 e. The van der Waals surface area contributed by atoms with Crippen LogP contribution in [0.4, 0.5) is 0 Å². The molecule has 1 heteroatoms. The standard InChI is InChI=1S/C19H31N/c1-8-18-11-9-10-16(5)20(7)17(6)13-19(14(2)3)12-15(18)4/h12-13,16,18H,2,6,8-11H2,1,3-5,7H3. The highest BCUT2D eigenvalue weighted by atomic mass is 15.1. The second kappa shape index (κ2) is 7.52.